The highest BCUT2D eigenvalue weighted by Crippen LogP contribution is 2.39. The second-order valence-corrected chi connectivity index (χ2v) is 6.53. The molecule has 1 saturated carbocycles. The van der Waals surface area contributed by atoms with Crippen molar-refractivity contribution in [1.82, 2.24) is 0 Å². The average Bonchev–Trinajstić information content (AvgIpc) is 2.38. The highest BCUT2D eigenvalue weighted by Gasteiger charge is 2.39. The van der Waals surface area contributed by atoms with E-state index in [0.29, 0.717) is 12.7 Å². The third kappa shape index (κ3) is 3.69. The summed E-state index contributed by atoms with van der Waals surface area (Å²) in [7, 11) is 0. The number of hydrogen-bond donors (Lipinski definition) is 1. The smallest absolute Gasteiger partial charge is 0.0707 e. The molecule has 1 spiro atoms. The van der Waals surface area contributed by atoms with Gasteiger partial charge in [0.25, 0.3) is 0 Å². The molecule has 2 N–H and O–H groups in total. The van der Waals surface area contributed by atoms with Crippen molar-refractivity contribution in [3.63, 3.8) is 0 Å². The molecule has 18 heavy (non-hydrogen) atoms. The Balaban J connectivity index is 1.83. The molecule has 3 heteroatoms. The summed E-state index contributed by atoms with van der Waals surface area (Å²) < 4.78 is 12.1. The predicted molar refractivity (Wildman–Crippen MR) is 73.6 cm³/mol. The molecule has 1 heterocycles. The van der Waals surface area contributed by atoms with Crippen LogP contribution in [-0.4, -0.2) is 30.5 Å². The summed E-state index contributed by atoms with van der Waals surface area (Å²) in [5.74, 6) is 0. The third-order valence-corrected chi connectivity index (χ3v) is 4.67. The topological polar surface area (TPSA) is 44.5 Å². The molecule has 1 aliphatic heterocycles. The molecule has 0 aromatic heterocycles. The second-order valence-electron chi connectivity index (χ2n) is 6.53. The summed E-state index contributed by atoms with van der Waals surface area (Å²) in [6.45, 7) is 5.72. The van der Waals surface area contributed by atoms with Crippen LogP contribution in [0.1, 0.15) is 65.2 Å². The molecular weight excluding hydrogens is 226 g/mol. The fraction of sp³-hybridized carbons (Fsp3) is 1.00. The molecular formula is C15H29NO2. The minimum absolute atomic E-state index is 0.137. The van der Waals surface area contributed by atoms with Gasteiger partial charge in [-0.2, -0.15) is 0 Å². The number of ether oxygens (including phenoxy) is 2. The van der Waals surface area contributed by atoms with Crippen molar-refractivity contribution in [2.45, 2.75) is 82.5 Å². The van der Waals surface area contributed by atoms with Crippen LogP contribution in [0.5, 0.6) is 0 Å². The van der Waals surface area contributed by atoms with E-state index in [1.807, 2.05) is 0 Å². The maximum Gasteiger partial charge on any atom is 0.0707 e. The first-order chi connectivity index (χ1) is 8.55. The summed E-state index contributed by atoms with van der Waals surface area (Å²) in [6.07, 6.45) is 9.86. The van der Waals surface area contributed by atoms with Crippen LogP contribution in [0.2, 0.25) is 0 Å². The quantitative estimate of drug-likeness (QED) is 0.840. The Kier molecular flexibility index (Phi) is 4.68. The molecule has 0 aromatic rings. The Morgan fingerprint density at radius 1 is 1.33 bits per heavy atom. The second kappa shape index (κ2) is 5.89. The Hall–Kier alpha value is -0.120. The van der Waals surface area contributed by atoms with Crippen LogP contribution >= 0.6 is 0 Å². The third-order valence-electron chi connectivity index (χ3n) is 4.67. The molecule has 0 bridgehead atoms. The molecule has 0 radical (unpaired) electrons. The lowest BCUT2D eigenvalue weighted by atomic mass is 9.79. The predicted octanol–water partition coefficient (Wildman–Crippen LogP) is 3.01. The summed E-state index contributed by atoms with van der Waals surface area (Å²) in [5, 5.41) is 0. The lowest BCUT2D eigenvalue weighted by Crippen LogP contribution is -2.47. The van der Waals surface area contributed by atoms with Crippen molar-refractivity contribution in [2.75, 3.05) is 13.2 Å². The normalized spacial score (nSPS) is 31.2. The summed E-state index contributed by atoms with van der Waals surface area (Å²) in [6, 6.07) is 0. The zero-order valence-corrected chi connectivity index (χ0v) is 12.0. The van der Waals surface area contributed by atoms with Crippen molar-refractivity contribution >= 4 is 0 Å². The van der Waals surface area contributed by atoms with Crippen LogP contribution in [0.25, 0.3) is 0 Å². The maximum atomic E-state index is 6.15. The van der Waals surface area contributed by atoms with Gasteiger partial charge in [0.15, 0.2) is 0 Å². The molecule has 106 valence electrons. The molecule has 3 nitrogen and oxygen atoms in total. The van der Waals surface area contributed by atoms with Gasteiger partial charge in [0.2, 0.25) is 0 Å². The molecule has 0 amide bonds. The fourth-order valence-electron chi connectivity index (χ4n) is 3.08. The van der Waals surface area contributed by atoms with Gasteiger partial charge in [0.1, 0.15) is 0 Å². The van der Waals surface area contributed by atoms with Gasteiger partial charge in [-0.25, -0.2) is 0 Å². The van der Waals surface area contributed by atoms with Crippen molar-refractivity contribution < 1.29 is 9.47 Å². The largest absolute Gasteiger partial charge is 0.376 e. The first kappa shape index (κ1) is 14.3. The van der Waals surface area contributed by atoms with E-state index in [9.17, 15) is 0 Å². The van der Waals surface area contributed by atoms with E-state index in [-0.39, 0.29) is 11.1 Å². The zero-order chi connectivity index (χ0) is 13.1. The summed E-state index contributed by atoms with van der Waals surface area (Å²) in [5.41, 5.74) is 6.10. The van der Waals surface area contributed by atoms with Crippen LogP contribution in [0.15, 0.2) is 0 Å². The Morgan fingerprint density at radius 2 is 2.06 bits per heavy atom. The molecule has 1 aliphatic carbocycles. The van der Waals surface area contributed by atoms with Gasteiger partial charge in [-0.15, -0.1) is 0 Å². The van der Waals surface area contributed by atoms with E-state index in [4.69, 9.17) is 15.2 Å². The zero-order valence-electron chi connectivity index (χ0n) is 12.0. The van der Waals surface area contributed by atoms with Crippen LogP contribution in [0.4, 0.5) is 0 Å². The van der Waals surface area contributed by atoms with Crippen molar-refractivity contribution in [2.24, 2.45) is 5.73 Å². The minimum Gasteiger partial charge on any atom is -0.376 e. The van der Waals surface area contributed by atoms with Crippen LogP contribution in [0.3, 0.4) is 0 Å². The highest BCUT2D eigenvalue weighted by atomic mass is 16.5. The molecule has 2 aliphatic rings. The Labute approximate surface area is 111 Å². The van der Waals surface area contributed by atoms with Crippen molar-refractivity contribution in [1.29, 1.82) is 0 Å². The van der Waals surface area contributed by atoms with Gasteiger partial charge in [-0.3, -0.25) is 0 Å². The van der Waals surface area contributed by atoms with Gasteiger partial charge in [0.05, 0.1) is 18.3 Å². The molecule has 2 unspecified atom stereocenters. The van der Waals surface area contributed by atoms with E-state index in [2.05, 4.69) is 13.8 Å². The lowest BCUT2D eigenvalue weighted by Gasteiger charge is -2.43. The van der Waals surface area contributed by atoms with E-state index >= 15 is 0 Å². The van der Waals surface area contributed by atoms with E-state index in [1.54, 1.807) is 0 Å². The summed E-state index contributed by atoms with van der Waals surface area (Å²) in [4.78, 5) is 0. The molecule has 2 atom stereocenters. The van der Waals surface area contributed by atoms with Crippen LogP contribution in [0, 0.1) is 0 Å². The van der Waals surface area contributed by atoms with Crippen LogP contribution < -0.4 is 5.73 Å². The van der Waals surface area contributed by atoms with Crippen molar-refractivity contribution in [3.8, 4) is 0 Å². The number of rotatable bonds is 4. The van der Waals surface area contributed by atoms with Crippen molar-refractivity contribution in [3.05, 3.63) is 0 Å². The van der Waals surface area contributed by atoms with Gasteiger partial charge >= 0.3 is 0 Å². The summed E-state index contributed by atoms with van der Waals surface area (Å²) >= 11 is 0. The van der Waals surface area contributed by atoms with Gasteiger partial charge in [-0.1, -0.05) is 26.2 Å². The monoisotopic (exact) mass is 255 g/mol. The fourth-order valence-corrected chi connectivity index (χ4v) is 3.08. The maximum absolute atomic E-state index is 6.15. The first-order valence-electron chi connectivity index (χ1n) is 7.60. The van der Waals surface area contributed by atoms with E-state index in [1.165, 1.54) is 32.1 Å². The number of hydrogen-bond acceptors (Lipinski definition) is 3. The Bertz CT molecular complexity index is 254. The van der Waals surface area contributed by atoms with Gasteiger partial charge < -0.3 is 15.2 Å². The highest BCUT2D eigenvalue weighted by molar-refractivity contribution is 4.90. The average molecular weight is 255 g/mol. The lowest BCUT2D eigenvalue weighted by molar-refractivity contribution is -0.151. The standard InChI is InChI=1S/C15H29NO2/c1-3-14(2,16)12-17-13-7-10-18-15(11-13)8-5-4-6-9-15/h13H,3-12,16H2,1-2H3. The van der Waals surface area contributed by atoms with E-state index in [0.717, 1.165) is 25.9 Å². The minimum atomic E-state index is -0.183. The molecule has 0 aromatic carbocycles. The SMILES string of the molecule is CCC(C)(N)COC1CCOC2(CCCCC2)C1. The van der Waals surface area contributed by atoms with Gasteiger partial charge in [-0.05, 0) is 32.6 Å². The van der Waals surface area contributed by atoms with E-state index < -0.39 is 0 Å². The molecule has 1 saturated heterocycles. The van der Waals surface area contributed by atoms with Gasteiger partial charge in [0, 0.05) is 18.6 Å². The first-order valence-corrected chi connectivity index (χ1v) is 7.60. The van der Waals surface area contributed by atoms with Crippen LogP contribution in [-0.2, 0) is 9.47 Å². The molecule has 2 fully saturated rings. The molecule has 2 rings (SSSR count). The number of nitrogens with two attached hydrogens (primary N) is 1. The Morgan fingerprint density at radius 3 is 2.72 bits per heavy atom.